The number of aryl methyl sites for hydroxylation is 1. The third-order valence-electron chi connectivity index (χ3n) is 2.68. The van der Waals surface area contributed by atoms with E-state index in [2.05, 4.69) is 5.32 Å². The van der Waals surface area contributed by atoms with Gasteiger partial charge in [-0.3, -0.25) is 0 Å². The molecular formula is C11H14FNO. The van der Waals surface area contributed by atoms with Crippen LogP contribution in [0, 0.1) is 12.7 Å². The Morgan fingerprint density at radius 1 is 1.50 bits per heavy atom. The lowest BCUT2D eigenvalue weighted by Gasteiger charge is -2.26. The molecule has 76 valence electrons. The molecule has 1 atom stereocenters. The summed E-state index contributed by atoms with van der Waals surface area (Å²) < 4.78 is 18.6. The van der Waals surface area contributed by atoms with E-state index in [1.807, 2.05) is 13.1 Å². The van der Waals surface area contributed by atoms with E-state index in [0.717, 1.165) is 12.0 Å². The van der Waals surface area contributed by atoms with Gasteiger partial charge in [-0.25, -0.2) is 4.39 Å². The van der Waals surface area contributed by atoms with Crippen LogP contribution in [0.1, 0.15) is 23.6 Å². The van der Waals surface area contributed by atoms with E-state index < -0.39 is 0 Å². The van der Waals surface area contributed by atoms with Gasteiger partial charge in [-0.05, 0) is 25.6 Å². The molecule has 2 rings (SSSR count). The second-order valence-corrected chi connectivity index (χ2v) is 3.62. The molecule has 0 spiro atoms. The van der Waals surface area contributed by atoms with Gasteiger partial charge in [0.25, 0.3) is 0 Å². The van der Waals surface area contributed by atoms with E-state index in [-0.39, 0.29) is 11.9 Å². The summed E-state index contributed by atoms with van der Waals surface area (Å²) in [4.78, 5) is 0. The molecule has 0 saturated heterocycles. The Kier molecular flexibility index (Phi) is 2.42. The van der Waals surface area contributed by atoms with Gasteiger partial charge in [0, 0.05) is 24.1 Å². The highest BCUT2D eigenvalue weighted by Crippen LogP contribution is 2.33. The predicted octanol–water partition coefficient (Wildman–Crippen LogP) is 2.18. The second-order valence-electron chi connectivity index (χ2n) is 3.62. The molecule has 0 amide bonds. The molecule has 0 aromatic heterocycles. The number of nitrogens with one attached hydrogen (secondary N) is 1. The summed E-state index contributed by atoms with van der Waals surface area (Å²) in [6.45, 7) is 2.43. The molecule has 0 fully saturated rings. The van der Waals surface area contributed by atoms with Crippen LogP contribution in [0.4, 0.5) is 4.39 Å². The fourth-order valence-corrected chi connectivity index (χ4v) is 1.82. The third-order valence-corrected chi connectivity index (χ3v) is 2.68. The van der Waals surface area contributed by atoms with Gasteiger partial charge < -0.3 is 10.1 Å². The minimum absolute atomic E-state index is 0.194. The van der Waals surface area contributed by atoms with Gasteiger partial charge in [0.1, 0.15) is 11.6 Å². The molecule has 1 heterocycles. The topological polar surface area (TPSA) is 21.3 Å². The number of hydrogen-bond acceptors (Lipinski definition) is 2. The van der Waals surface area contributed by atoms with Crippen molar-refractivity contribution < 1.29 is 9.13 Å². The van der Waals surface area contributed by atoms with Gasteiger partial charge in [0.05, 0.1) is 6.61 Å². The number of rotatable bonds is 1. The van der Waals surface area contributed by atoms with Gasteiger partial charge in [-0.2, -0.15) is 0 Å². The fraction of sp³-hybridized carbons (Fsp3) is 0.455. The molecule has 1 aliphatic heterocycles. The zero-order chi connectivity index (χ0) is 10.1. The maximum atomic E-state index is 13.2. The molecule has 0 saturated carbocycles. The quantitative estimate of drug-likeness (QED) is 0.741. The number of benzene rings is 1. The first-order chi connectivity index (χ1) is 6.72. The summed E-state index contributed by atoms with van der Waals surface area (Å²) in [7, 11) is 1.92. The van der Waals surface area contributed by atoms with Crippen molar-refractivity contribution in [2.75, 3.05) is 13.7 Å². The van der Waals surface area contributed by atoms with Crippen LogP contribution in [0.3, 0.4) is 0 Å². The molecule has 0 aliphatic carbocycles. The van der Waals surface area contributed by atoms with Crippen LogP contribution in [-0.4, -0.2) is 13.7 Å². The molecule has 1 unspecified atom stereocenters. The highest BCUT2D eigenvalue weighted by atomic mass is 19.1. The zero-order valence-corrected chi connectivity index (χ0v) is 8.43. The van der Waals surface area contributed by atoms with E-state index in [9.17, 15) is 4.39 Å². The van der Waals surface area contributed by atoms with Crippen molar-refractivity contribution in [3.05, 3.63) is 29.1 Å². The maximum absolute atomic E-state index is 13.2. The summed E-state index contributed by atoms with van der Waals surface area (Å²) in [5, 5.41) is 3.20. The number of ether oxygens (including phenoxy) is 1. The van der Waals surface area contributed by atoms with E-state index in [4.69, 9.17) is 4.74 Å². The molecule has 2 nitrogen and oxygen atoms in total. The van der Waals surface area contributed by atoms with Gasteiger partial charge in [-0.15, -0.1) is 0 Å². The van der Waals surface area contributed by atoms with Crippen LogP contribution in [0.2, 0.25) is 0 Å². The van der Waals surface area contributed by atoms with Gasteiger partial charge in [-0.1, -0.05) is 0 Å². The average molecular weight is 195 g/mol. The molecule has 0 bridgehead atoms. The summed E-state index contributed by atoms with van der Waals surface area (Å²) in [5.41, 5.74) is 1.74. The van der Waals surface area contributed by atoms with Crippen LogP contribution < -0.4 is 10.1 Å². The molecule has 1 aliphatic rings. The van der Waals surface area contributed by atoms with E-state index in [0.29, 0.717) is 17.9 Å². The first-order valence-corrected chi connectivity index (χ1v) is 4.82. The van der Waals surface area contributed by atoms with Crippen molar-refractivity contribution in [2.45, 2.75) is 19.4 Å². The molecule has 1 aromatic carbocycles. The lowest BCUT2D eigenvalue weighted by molar-refractivity contribution is 0.256. The van der Waals surface area contributed by atoms with Crippen LogP contribution in [0.25, 0.3) is 0 Å². The van der Waals surface area contributed by atoms with Crippen molar-refractivity contribution in [3.63, 3.8) is 0 Å². The van der Waals surface area contributed by atoms with Gasteiger partial charge in [0.15, 0.2) is 0 Å². The lowest BCUT2D eigenvalue weighted by atomic mass is 9.98. The van der Waals surface area contributed by atoms with Crippen LogP contribution in [0.5, 0.6) is 5.75 Å². The van der Waals surface area contributed by atoms with Crippen LogP contribution in [0.15, 0.2) is 12.1 Å². The Morgan fingerprint density at radius 2 is 2.29 bits per heavy atom. The predicted molar refractivity (Wildman–Crippen MR) is 53.0 cm³/mol. The summed E-state index contributed by atoms with van der Waals surface area (Å²) in [6.07, 6.45) is 0.939. The summed E-state index contributed by atoms with van der Waals surface area (Å²) in [6, 6.07) is 3.64. The second kappa shape index (κ2) is 3.58. The smallest absolute Gasteiger partial charge is 0.129 e. The first-order valence-electron chi connectivity index (χ1n) is 4.82. The molecule has 1 N–H and O–H groups in total. The van der Waals surface area contributed by atoms with Gasteiger partial charge in [0.2, 0.25) is 0 Å². The van der Waals surface area contributed by atoms with Crippen molar-refractivity contribution >= 4 is 0 Å². The van der Waals surface area contributed by atoms with Crippen molar-refractivity contribution in [1.29, 1.82) is 0 Å². The molecular weight excluding hydrogens is 181 g/mol. The molecule has 3 heteroatoms. The summed E-state index contributed by atoms with van der Waals surface area (Å²) in [5.74, 6) is 0.485. The van der Waals surface area contributed by atoms with Crippen LogP contribution >= 0.6 is 0 Å². The SMILES string of the molecule is CNC1CCOc2cc(F)c(C)cc21. The Morgan fingerprint density at radius 3 is 3.00 bits per heavy atom. The van der Waals surface area contributed by atoms with E-state index in [1.54, 1.807) is 6.92 Å². The summed E-state index contributed by atoms with van der Waals surface area (Å²) >= 11 is 0. The normalized spacial score (nSPS) is 20.1. The van der Waals surface area contributed by atoms with Crippen molar-refractivity contribution in [2.24, 2.45) is 0 Å². The Hall–Kier alpha value is -1.09. The third kappa shape index (κ3) is 1.48. The highest BCUT2D eigenvalue weighted by Gasteiger charge is 2.21. The standard InChI is InChI=1S/C11H14FNO/c1-7-5-8-10(13-2)3-4-14-11(8)6-9(7)12/h5-6,10,13H,3-4H2,1-2H3. The number of fused-ring (bicyclic) bond motifs is 1. The molecule has 0 radical (unpaired) electrons. The van der Waals surface area contributed by atoms with Gasteiger partial charge >= 0.3 is 0 Å². The average Bonchev–Trinajstić information content (AvgIpc) is 2.19. The minimum Gasteiger partial charge on any atom is -0.493 e. The lowest BCUT2D eigenvalue weighted by Crippen LogP contribution is -2.24. The Balaban J connectivity index is 2.47. The zero-order valence-electron chi connectivity index (χ0n) is 8.43. The number of hydrogen-bond donors (Lipinski definition) is 1. The molecule has 14 heavy (non-hydrogen) atoms. The Labute approximate surface area is 83.1 Å². The maximum Gasteiger partial charge on any atom is 0.129 e. The van der Waals surface area contributed by atoms with Crippen molar-refractivity contribution in [3.8, 4) is 5.75 Å². The fourth-order valence-electron chi connectivity index (χ4n) is 1.82. The highest BCUT2D eigenvalue weighted by molar-refractivity contribution is 5.41. The largest absolute Gasteiger partial charge is 0.493 e. The monoisotopic (exact) mass is 195 g/mol. The van der Waals surface area contributed by atoms with Crippen LogP contribution in [-0.2, 0) is 0 Å². The first kappa shape index (κ1) is 9.46. The van der Waals surface area contributed by atoms with E-state index in [1.165, 1.54) is 6.07 Å². The minimum atomic E-state index is -0.194. The van der Waals surface area contributed by atoms with E-state index >= 15 is 0 Å². The Bertz CT molecular complexity index is 351. The van der Waals surface area contributed by atoms with Crippen molar-refractivity contribution in [1.82, 2.24) is 5.32 Å². The number of halogens is 1. The molecule has 1 aromatic rings.